The standard InChI is InChI=1S/C14H21N/c1-5-14(4)11(3)9-12-7-6-10(2)8-13(12)15-14/h6-8,11,15H,5,9H2,1-4H3. The van der Waals surface area contributed by atoms with E-state index in [2.05, 4.69) is 51.2 Å². The van der Waals surface area contributed by atoms with Crippen LogP contribution in [-0.4, -0.2) is 5.54 Å². The first-order valence-corrected chi connectivity index (χ1v) is 5.93. The number of hydrogen-bond donors (Lipinski definition) is 1. The number of fused-ring (bicyclic) bond motifs is 1. The first-order chi connectivity index (χ1) is 7.05. The summed E-state index contributed by atoms with van der Waals surface area (Å²) in [6.07, 6.45) is 2.38. The van der Waals surface area contributed by atoms with Gasteiger partial charge < -0.3 is 5.32 Å². The Morgan fingerprint density at radius 2 is 2.20 bits per heavy atom. The van der Waals surface area contributed by atoms with Crippen molar-refractivity contribution in [2.24, 2.45) is 5.92 Å². The molecular formula is C14H21N. The van der Waals surface area contributed by atoms with E-state index in [1.807, 2.05) is 0 Å². The fourth-order valence-corrected chi connectivity index (χ4v) is 2.41. The van der Waals surface area contributed by atoms with Crippen molar-refractivity contribution in [2.45, 2.75) is 46.1 Å². The Hall–Kier alpha value is -0.980. The summed E-state index contributed by atoms with van der Waals surface area (Å²) in [7, 11) is 0. The number of anilines is 1. The molecule has 1 N–H and O–H groups in total. The minimum atomic E-state index is 0.265. The lowest BCUT2D eigenvalue weighted by Crippen LogP contribution is -2.45. The Kier molecular flexibility index (Phi) is 2.49. The van der Waals surface area contributed by atoms with Crippen molar-refractivity contribution in [3.8, 4) is 0 Å². The van der Waals surface area contributed by atoms with Crippen molar-refractivity contribution in [2.75, 3.05) is 5.32 Å². The van der Waals surface area contributed by atoms with Crippen molar-refractivity contribution < 1.29 is 0 Å². The molecule has 0 saturated carbocycles. The third-order valence-electron chi connectivity index (χ3n) is 4.03. The molecule has 0 bridgehead atoms. The molecule has 1 aliphatic heterocycles. The molecule has 1 aliphatic rings. The van der Waals surface area contributed by atoms with E-state index < -0.39 is 0 Å². The van der Waals surface area contributed by atoms with Crippen LogP contribution in [0.2, 0.25) is 0 Å². The molecule has 0 amide bonds. The molecule has 2 unspecified atom stereocenters. The molecule has 0 fully saturated rings. The number of nitrogens with one attached hydrogen (secondary N) is 1. The van der Waals surface area contributed by atoms with Gasteiger partial charge in [-0.2, -0.15) is 0 Å². The SMILES string of the molecule is CCC1(C)Nc2cc(C)ccc2CC1C. The summed E-state index contributed by atoms with van der Waals surface area (Å²) in [6, 6.07) is 6.75. The summed E-state index contributed by atoms with van der Waals surface area (Å²) in [5.74, 6) is 0.706. The zero-order valence-electron chi connectivity index (χ0n) is 10.2. The molecule has 0 saturated heterocycles. The van der Waals surface area contributed by atoms with E-state index in [1.165, 1.54) is 29.7 Å². The van der Waals surface area contributed by atoms with Crippen molar-refractivity contribution >= 4 is 5.69 Å². The van der Waals surface area contributed by atoms with Gasteiger partial charge in [0.15, 0.2) is 0 Å². The Morgan fingerprint density at radius 1 is 1.47 bits per heavy atom. The molecule has 0 spiro atoms. The van der Waals surface area contributed by atoms with E-state index in [-0.39, 0.29) is 5.54 Å². The quantitative estimate of drug-likeness (QED) is 0.732. The third kappa shape index (κ3) is 1.75. The molecule has 2 atom stereocenters. The van der Waals surface area contributed by atoms with Gasteiger partial charge in [0.2, 0.25) is 0 Å². The molecule has 1 heterocycles. The molecule has 0 aliphatic carbocycles. The summed E-state index contributed by atoms with van der Waals surface area (Å²) in [5.41, 5.74) is 4.42. The van der Waals surface area contributed by atoms with Gasteiger partial charge in [0.1, 0.15) is 0 Å². The molecule has 82 valence electrons. The first kappa shape index (κ1) is 10.5. The predicted molar refractivity (Wildman–Crippen MR) is 66.4 cm³/mol. The molecule has 15 heavy (non-hydrogen) atoms. The number of rotatable bonds is 1. The highest BCUT2D eigenvalue weighted by molar-refractivity contribution is 5.57. The van der Waals surface area contributed by atoms with Gasteiger partial charge in [0.05, 0.1) is 0 Å². The summed E-state index contributed by atoms with van der Waals surface area (Å²) >= 11 is 0. The van der Waals surface area contributed by atoms with Gasteiger partial charge in [-0.15, -0.1) is 0 Å². The Balaban J connectivity index is 2.39. The topological polar surface area (TPSA) is 12.0 Å². The van der Waals surface area contributed by atoms with E-state index in [0.717, 1.165) is 0 Å². The van der Waals surface area contributed by atoms with E-state index >= 15 is 0 Å². The molecule has 2 rings (SSSR count). The van der Waals surface area contributed by atoms with Crippen LogP contribution in [0, 0.1) is 12.8 Å². The van der Waals surface area contributed by atoms with E-state index in [0.29, 0.717) is 5.92 Å². The summed E-state index contributed by atoms with van der Waals surface area (Å²) in [5, 5.41) is 3.71. The van der Waals surface area contributed by atoms with E-state index in [1.54, 1.807) is 0 Å². The monoisotopic (exact) mass is 203 g/mol. The molecule has 1 nitrogen and oxygen atoms in total. The summed E-state index contributed by atoms with van der Waals surface area (Å²) in [4.78, 5) is 0. The Bertz CT molecular complexity index is 370. The van der Waals surface area contributed by atoms with Crippen molar-refractivity contribution in [1.82, 2.24) is 0 Å². The highest BCUT2D eigenvalue weighted by atomic mass is 15.0. The largest absolute Gasteiger partial charge is 0.379 e. The third-order valence-corrected chi connectivity index (χ3v) is 4.03. The number of benzene rings is 1. The lowest BCUT2D eigenvalue weighted by atomic mass is 9.77. The van der Waals surface area contributed by atoms with Crippen LogP contribution in [-0.2, 0) is 6.42 Å². The van der Waals surface area contributed by atoms with Gasteiger partial charge in [-0.3, -0.25) is 0 Å². The lowest BCUT2D eigenvalue weighted by Gasteiger charge is -2.42. The second-order valence-corrected chi connectivity index (χ2v) is 5.16. The van der Waals surface area contributed by atoms with Gasteiger partial charge in [-0.1, -0.05) is 26.0 Å². The van der Waals surface area contributed by atoms with E-state index in [9.17, 15) is 0 Å². The van der Waals surface area contributed by atoms with Crippen LogP contribution in [0.1, 0.15) is 38.3 Å². The fraction of sp³-hybridized carbons (Fsp3) is 0.571. The van der Waals surface area contributed by atoms with Crippen molar-refractivity contribution in [3.05, 3.63) is 29.3 Å². The number of hydrogen-bond acceptors (Lipinski definition) is 1. The maximum absolute atomic E-state index is 3.71. The minimum Gasteiger partial charge on any atom is -0.379 e. The number of aryl methyl sites for hydroxylation is 1. The summed E-state index contributed by atoms with van der Waals surface area (Å²) < 4.78 is 0. The second kappa shape index (κ2) is 3.55. The lowest BCUT2D eigenvalue weighted by molar-refractivity contribution is 0.323. The highest BCUT2D eigenvalue weighted by Gasteiger charge is 2.33. The van der Waals surface area contributed by atoms with Crippen LogP contribution >= 0.6 is 0 Å². The average Bonchev–Trinajstić information content (AvgIpc) is 2.20. The second-order valence-electron chi connectivity index (χ2n) is 5.16. The highest BCUT2D eigenvalue weighted by Crippen LogP contribution is 2.36. The Morgan fingerprint density at radius 3 is 2.87 bits per heavy atom. The maximum atomic E-state index is 3.71. The van der Waals surface area contributed by atoms with Gasteiger partial charge in [-0.05, 0) is 49.8 Å². The maximum Gasteiger partial charge on any atom is 0.0379 e. The molecule has 1 heteroatoms. The van der Waals surface area contributed by atoms with Gasteiger partial charge >= 0.3 is 0 Å². The van der Waals surface area contributed by atoms with Crippen LogP contribution in [0.25, 0.3) is 0 Å². The van der Waals surface area contributed by atoms with Crippen LogP contribution in [0.5, 0.6) is 0 Å². The van der Waals surface area contributed by atoms with Crippen LogP contribution in [0.15, 0.2) is 18.2 Å². The van der Waals surface area contributed by atoms with Crippen LogP contribution in [0.3, 0.4) is 0 Å². The van der Waals surface area contributed by atoms with Gasteiger partial charge in [0, 0.05) is 11.2 Å². The van der Waals surface area contributed by atoms with Crippen molar-refractivity contribution in [1.29, 1.82) is 0 Å². The minimum absolute atomic E-state index is 0.265. The molecule has 1 aromatic rings. The zero-order chi connectivity index (χ0) is 11.1. The Labute approximate surface area is 92.9 Å². The zero-order valence-corrected chi connectivity index (χ0v) is 10.2. The molecule has 0 radical (unpaired) electrons. The van der Waals surface area contributed by atoms with Gasteiger partial charge in [-0.25, -0.2) is 0 Å². The van der Waals surface area contributed by atoms with Crippen LogP contribution in [0.4, 0.5) is 5.69 Å². The predicted octanol–water partition coefficient (Wildman–Crippen LogP) is 3.77. The molecule has 0 aromatic heterocycles. The van der Waals surface area contributed by atoms with E-state index in [4.69, 9.17) is 0 Å². The fourth-order valence-electron chi connectivity index (χ4n) is 2.41. The smallest absolute Gasteiger partial charge is 0.0379 e. The first-order valence-electron chi connectivity index (χ1n) is 5.93. The van der Waals surface area contributed by atoms with Crippen LogP contribution < -0.4 is 5.32 Å². The van der Waals surface area contributed by atoms with Gasteiger partial charge in [0.25, 0.3) is 0 Å². The van der Waals surface area contributed by atoms with Crippen molar-refractivity contribution in [3.63, 3.8) is 0 Å². The normalized spacial score (nSPS) is 29.5. The molecule has 1 aromatic carbocycles. The summed E-state index contributed by atoms with van der Waals surface area (Å²) in [6.45, 7) is 9.11. The average molecular weight is 203 g/mol. The molecular weight excluding hydrogens is 182 g/mol.